The molecule has 3 aromatic rings. The van der Waals surface area contributed by atoms with Crippen LogP contribution in [0.4, 0.5) is 33.6 Å². The van der Waals surface area contributed by atoms with Crippen molar-refractivity contribution in [3.8, 4) is 11.5 Å². The van der Waals surface area contributed by atoms with Gasteiger partial charge in [0, 0.05) is 36.5 Å². The second-order valence-electron chi connectivity index (χ2n) is 8.54. The molecule has 0 atom stereocenters. The number of phenols is 2. The molecule has 10 nitrogen and oxygen atoms in total. The summed E-state index contributed by atoms with van der Waals surface area (Å²) in [5, 5.41) is 25.7. The summed E-state index contributed by atoms with van der Waals surface area (Å²) in [4.78, 5) is 37.5. The molecule has 0 spiro atoms. The number of benzene rings is 2. The number of aromatic hydroxyl groups is 2. The van der Waals surface area contributed by atoms with Gasteiger partial charge in [-0.1, -0.05) is 18.7 Å². The summed E-state index contributed by atoms with van der Waals surface area (Å²) < 4.78 is 0. The van der Waals surface area contributed by atoms with Crippen LogP contribution in [0, 0.1) is 5.92 Å². The average Bonchev–Trinajstić information content (AvgIpc) is 3.65. The fourth-order valence-corrected chi connectivity index (χ4v) is 3.94. The Kier molecular flexibility index (Phi) is 5.69. The first-order valence-corrected chi connectivity index (χ1v) is 11.2. The molecule has 2 heterocycles. The van der Waals surface area contributed by atoms with Crippen LogP contribution >= 0.6 is 0 Å². The summed E-state index contributed by atoms with van der Waals surface area (Å²) in [6.07, 6.45) is 4.92. The van der Waals surface area contributed by atoms with E-state index in [9.17, 15) is 19.8 Å². The number of para-hydroxylation sites is 2. The van der Waals surface area contributed by atoms with Crippen LogP contribution < -0.4 is 20.4 Å². The number of aromatic nitrogens is 2. The first kappa shape index (κ1) is 22.2. The molecule has 0 bridgehead atoms. The largest absolute Gasteiger partial charge is 0.508 e. The predicted octanol–water partition coefficient (Wildman–Crippen LogP) is 4.11. The van der Waals surface area contributed by atoms with Crippen molar-refractivity contribution in [3.05, 3.63) is 66.9 Å². The Labute approximate surface area is 201 Å². The van der Waals surface area contributed by atoms with Gasteiger partial charge in [0.2, 0.25) is 11.9 Å². The number of hydrogen-bond donors (Lipinski definition) is 4. The summed E-state index contributed by atoms with van der Waals surface area (Å²) in [5.41, 5.74) is 2.25. The van der Waals surface area contributed by atoms with Gasteiger partial charge >= 0.3 is 6.03 Å². The van der Waals surface area contributed by atoms with Crippen molar-refractivity contribution >= 4 is 40.8 Å². The van der Waals surface area contributed by atoms with Crippen LogP contribution in [0.2, 0.25) is 0 Å². The van der Waals surface area contributed by atoms with E-state index in [-0.39, 0.29) is 35.9 Å². The minimum Gasteiger partial charge on any atom is -0.508 e. The van der Waals surface area contributed by atoms with Crippen molar-refractivity contribution in [2.75, 3.05) is 27.0 Å². The third-order valence-corrected chi connectivity index (χ3v) is 5.84. The molecule has 10 heteroatoms. The zero-order chi connectivity index (χ0) is 24.5. The van der Waals surface area contributed by atoms with Gasteiger partial charge in [0.1, 0.15) is 17.3 Å². The van der Waals surface area contributed by atoms with Gasteiger partial charge in [0.25, 0.3) is 0 Å². The number of hydrogen-bond acceptors (Lipinski definition) is 7. The molecule has 0 radical (unpaired) electrons. The quantitative estimate of drug-likeness (QED) is 0.381. The van der Waals surface area contributed by atoms with E-state index in [2.05, 4.69) is 27.2 Å². The number of carbonyl (C=O) groups excluding carboxylic acids is 2. The molecule has 5 rings (SSSR count). The predicted molar refractivity (Wildman–Crippen MR) is 132 cm³/mol. The molecule has 1 aromatic heterocycles. The van der Waals surface area contributed by atoms with Crippen molar-refractivity contribution in [3.63, 3.8) is 0 Å². The van der Waals surface area contributed by atoms with Crippen molar-refractivity contribution in [1.29, 1.82) is 0 Å². The minimum atomic E-state index is -0.343. The van der Waals surface area contributed by atoms with Crippen LogP contribution in [0.25, 0.3) is 0 Å². The van der Waals surface area contributed by atoms with Gasteiger partial charge in [-0.3, -0.25) is 14.6 Å². The van der Waals surface area contributed by atoms with Crippen molar-refractivity contribution in [2.45, 2.75) is 19.4 Å². The molecule has 2 aliphatic rings. The Morgan fingerprint density at radius 1 is 1.14 bits per heavy atom. The summed E-state index contributed by atoms with van der Waals surface area (Å²) >= 11 is 0. The molecule has 1 aliphatic carbocycles. The molecular formula is C25H24N6O4. The monoisotopic (exact) mass is 472 g/mol. The number of amides is 3. The normalized spacial score (nSPS) is 14.9. The Hall–Kier alpha value is -4.60. The third kappa shape index (κ3) is 4.72. The molecule has 1 saturated carbocycles. The number of anilines is 5. The first-order chi connectivity index (χ1) is 16.9. The van der Waals surface area contributed by atoms with Crippen LogP contribution in [0.1, 0.15) is 18.4 Å². The Morgan fingerprint density at radius 3 is 2.54 bits per heavy atom. The van der Waals surface area contributed by atoms with Crippen molar-refractivity contribution in [1.82, 2.24) is 9.97 Å². The maximum Gasteiger partial charge on any atom is 0.330 e. The number of phenolic OH excluding ortho intramolecular Hbond substituents is 2. The molecule has 178 valence electrons. The second kappa shape index (κ2) is 8.98. The SMILES string of the molecule is C=CC(=O)Nc1ccccc1Nc1ncc2c(n1)N(CC1CC1)C(=O)N(c1cc(O)cc(O)c1)C2. The lowest BCUT2D eigenvalue weighted by Gasteiger charge is -2.36. The summed E-state index contributed by atoms with van der Waals surface area (Å²) in [6.45, 7) is 4.17. The highest BCUT2D eigenvalue weighted by Crippen LogP contribution is 2.38. The Bertz CT molecular complexity index is 1300. The minimum absolute atomic E-state index is 0.134. The van der Waals surface area contributed by atoms with Crippen LogP contribution in [-0.2, 0) is 11.3 Å². The lowest BCUT2D eigenvalue weighted by molar-refractivity contribution is -0.111. The van der Waals surface area contributed by atoms with Gasteiger partial charge in [0.05, 0.1) is 23.6 Å². The molecule has 3 amide bonds. The molecule has 0 unspecified atom stereocenters. The average molecular weight is 473 g/mol. The lowest BCUT2D eigenvalue weighted by atomic mass is 10.1. The number of rotatable bonds is 7. The topological polar surface area (TPSA) is 131 Å². The highest BCUT2D eigenvalue weighted by Gasteiger charge is 2.37. The second-order valence-corrected chi connectivity index (χ2v) is 8.54. The molecule has 35 heavy (non-hydrogen) atoms. The number of nitrogens with one attached hydrogen (secondary N) is 2. The van der Waals surface area contributed by atoms with E-state index in [1.54, 1.807) is 29.3 Å². The van der Waals surface area contributed by atoms with Gasteiger partial charge < -0.3 is 20.8 Å². The summed E-state index contributed by atoms with van der Waals surface area (Å²) in [6, 6.07) is 10.9. The maximum absolute atomic E-state index is 13.5. The molecule has 1 aliphatic heterocycles. The van der Waals surface area contributed by atoms with Crippen LogP contribution in [0.3, 0.4) is 0 Å². The molecular weight excluding hydrogens is 448 g/mol. The maximum atomic E-state index is 13.5. The van der Waals surface area contributed by atoms with Gasteiger partial charge in [-0.05, 0) is 37.0 Å². The van der Waals surface area contributed by atoms with Gasteiger partial charge in [-0.15, -0.1) is 0 Å². The van der Waals surface area contributed by atoms with Crippen molar-refractivity contribution in [2.24, 2.45) is 5.92 Å². The standard InChI is InChI=1S/C25H24N6O4/c1-2-22(34)27-20-5-3-4-6-21(20)28-24-26-12-16-14-30(17-9-18(32)11-19(33)10-17)25(35)31(23(16)29-24)13-15-7-8-15/h2-6,9-12,15,32-33H,1,7-8,13-14H2,(H,27,34)(H,26,28,29). The molecule has 0 saturated heterocycles. The Morgan fingerprint density at radius 2 is 1.86 bits per heavy atom. The zero-order valence-electron chi connectivity index (χ0n) is 18.8. The highest BCUT2D eigenvalue weighted by atomic mass is 16.3. The number of nitrogens with zero attached hydrogens (tertiary/aromatic N) is 4. The molecule has 1 fully saturated rings. The van der Waals surface area contributed by atoms with Crippen molar-refractivity contribution < 1.29 is 19.8 Å². The van der Waals surface area contributed by atoms with E-state index < -0.39 is 0 Å². The van der Waals surface area contributed by atoms with E-state index in [1.165, 1.54) is 29.2 Å². The number of urea groups is 1. The summed E-state index contributed by atoms with van der Waals surface area (Å²) in [5.74, 6) is 0.569. The molecule has 2 aromatic carbocycles. The Balaban J connectivity index is 1.48. The zero-order valence-corrected chi connectivity index (χ0v) is 18.8. The van der Waals surface area contributed by atoms with Crippen LogP contribution in [0.15, 0.2) is 61.3 Å². The number of carbonyl (C=O) groups is 2. The van der Waals surface area contributed by atoms with E-state index in [0.717, 1.165) is 18.4 Å². The van der Waals surface area contributed by atoms with E-state index in [0.29, 0.717) is 35.3 Å². The van der Waals surface area contributed by atoms with Gasteiger partial charge in [-0.25, -0.2) is 9.78 Å². The van der Waals surface area contributed by atoms with E-state index in [4.69, 9.17) is 0 Å². The third-order valence-electron chi connectivity index (χ3n) is 5.84. The van der Waals surface area contributed by atoms with Crippen LogP contribution in [-0.4, -0.2) is 38.7 Å². The van der Waals surface area contributed by atoms with E-state index in [1.807, 2.05) is 6.07 Å². The number of fused-ring (bicyclic) bond motifs is 1. The van der Waals surface area contributed by atoms with Gasteiger partial charge in [0.15, 0.2) is 0 Å². The highest BCUT2D eigenvalue weighted by molar-refractivity contribution is 6.06. The molecule has 4 N–H and O–H groups in total. The fourth-order valence-electron chi connectivity index (χ4n) is 3.94. The van der Waals surface area contributed by atoms with Crippen LogP contribution in [0.5, 0.6) is 11.5 Å². The first-order valence-electron chi connectivity index (χ1n) is 11.2. The smallest absolute Gasteiger partial charge is 0.330 e. The van der Waals surface area contributed by atoms with E-state index >= 15 is 0 Å². The summed E-state index contributed by atoms with van der Waals surface area (Å²) in [7, 11) is 0. The lowest BCUT2D eigenvalue weighted by Crippen LogP contribution is -2.48. The van der Waals surface area contributed by atoms with Gasteiger partial charge in [-0.2, -0.15) is 4.98 Å². The fraction of sp³-hybridized carbons (Fsp3) is 0.200.